The largest absolute Gasteiger partial charge is 0.496 e. The molecule has 0 amide bonds. The number of methoxy groups -OCH3 is 3. The quantitative estimate of drug-likeness (QED) is 0.805. The minimum Gasteiger partial charge on any atom is -0.496 e. The van der Waals surface area contributed by atoms with E-state index in [1.807, 2.05) is 12.1 Å². The first kappa shape index (κ1) is 12.8. The third-order valence-electron chi connectivity index (χ3n) is 3.06. The van der Waals surface area contributed by atoms with E-state index in [0.717, 1.165) is 49.1 Å². The molecule has 99 valence electrons. The lowest BCUT2D eigenvalue weighted by atomic mass is 10.2. The number of hydrogen-bond acceptors (Lipinski definition) is 4. The van der Waals surface area contributed by atoms with Gasteiger partial charge in [0.25, 0.3) is 0 Å². The molecule has 0 N–H and O–H groups in total. The molecule has 5 heteroatoms. The normalized spacial score (nSPS) is 15.4. The number of anilines is 1. The molecule has 1 aromatic carbocycles. The van der Waals surface area contributed by atoms with Gasteiger partial charge >= 0.3 is 0 Å². The average Bonchev–Trinajstić information content (AvgIpc) is 2.46. The molecule has 1 radical (unpaired) electrons. The van der Waals surface area contributed by atoms with Crippen LogP contribution in [0.3, 0.4) is 0 Å². The van der Waals surface area contributed by atoms with E-state index in [2.05, 4.69) is 10.2 Å². The van der Waals surface area contributed by atoms with Crippen molar-refractivity contribution in [2.75, 3.05) is 52.4 Å². The van der Waals surface area contributed by atoms with Gasteiger partial charge in [-0.05, 0) is 0 Å². The maximum absolute atomic E-state index is 5.45. The SMILES string of the molecule is COc1cc(OC)c(N2CC[N]CC2)c(OC)c1. The van der Waals surface area contributed by atoms with Crippen molar-refractivity contribution in [2.24, 2.45) is 0 Å². The lowest BCUT2D eigenvalue weighted by Crippen LogP contribution is -2.40. The summed E-state index contributed by atoms with van der Waals surface area (Å²) in [4.78, 5) is 2.24. The molecule has 0 aromatic heterocycles. The maximum atomic E-state index is 5.45. The summed E-state index contributed by atoms with van der Waals surface area (Å²) in [5.74, 6) is 2.27. The van der Waals surface area contributed by atoms with Gasteiger partial charge in [-0.25, -0.2) is 5.32 Å². The van der Waals surface area contributed by atoms with Gasteiger partial charge in [-0.1, -0.05) is 0 Å². The summed E-state index contributed by atoms with van der Waals surface area (Å²) < 4.78 is 16.1. The highest BCUT2D eigenvalue weighted by Crippen LogP contribution is 2.41. The van der Waals surface area contributed by atoms with Gasteiger partial charge in [0.15, 0.2) is 0 Å². The van der Waals surface area contributed by atoms with E-state index in [-0.39, 0.29) is 0 Å². The van der Waals surface area contributed by atoms with Crippen LogP contribution in [-0.4, -0.2) is 47.5 Å². The first-order valence-corrected chi connectivity index (χ1v) is 5.98. The minimum atomic E-state index is 0.731. The summed E-state index contributed by atoms with van der Waals surface area (Å²) in [6.07, 6.45) is 0. The van der Waals surface area contributed by atoms with Crippen molar-refractivity contribution in [2.45, 2.75) is 0 Å². The van der Waals surface area contributed by atoms with Crippen LogP contribution in [-0.2, 0) is 0 Å². The van der Waals surface area contributed by atoms with E-state index in [0.29, 0.717) is 0 Å². The molecule has 1 aromatic rings. The van der Waals surface area contributed by atoms with Crippen molar-refractivity contribution in [3.8, 4) is 17.2 Å². The van der Waals surface area contributed by atoms with E-state index in [4.69, 9.17) is 14.2 Å². The summed E-state index contributed by atoms with van der Waals surface area (Å²) >= 11 is 0. The van der Waals surface area contributed by atoms with Gasteiger partial charge in [0.05, 0.1) is 21.3 Å². The Morgan fingerprint density at radius 3 is 1.94 bits per heavy atom. The lowest BCUT2D eigenvalue weighted by Gasteiger charge is -2.31. The van der Waals surface area contributed by atoms with Crippen molar-refractivity contribution in [1.82, 2.24) is 5.32 Å². The van der Waals surface area contributed by atoms with E-state index < -0.39 is 0 Å². The molecule has 18 heavy (non-hydrogen) atoms. The zero-order valence-corrected chi connectivity index (χ0v) is 11.1. The number of nitrogens with zero attached hydrogens (tertiary/aromatic N) is 2. The van der Waals surface area contributed by atoms with Gasteiger partial charge in [-0.3, -0.25) is 0 Å². The fourth-order valence-electron chi connectivity index (χ4n) is 2.13. The Morgan fingerprint density at radius 1 is 0.944 bits per heavy atom. The Morgan fingerprint density at radius 2 is 1.50 bits per heavy atom. The zero-order valence-electron chi connectivity index (χ0n) is 11.1. The molecule has 5 nitrogen and oxygen atoms in total. The summed E-state index contributed by atoms with van der Waals surface area (Å²) in [7, 11) is 4.95. The highest BCUT2D eigenvalue weighted by atomic mass is 16.5. The second-order valence-corrected chi connectivity index (χ2v) is 4.04. The van der Waals surface area contributed by atoms with Crippen molar-refractivity contribution in [3.63, 3.8) is 0 Å². The molecule has 1 aliphatic heterocycles. The Labute approximate surface area is 108 Å². The first-order chi connectivity index (χ1) is 8.80. The van der Waals surface area contributed by atoms with Crippen LogP contribution in [0.5, 0.6) is 17.2 Å². The van der Waals surface area contributed by atoms with Crippen molar-refractivity contribution in [1.29, 1.82) is 0 Å². The maximum Gasteiger partial charge on any atom is 0.149 e. The third kappa shape index (κ3) is 2.46. The molecule has 1 fully saturated rings. The molecular formula is C13H19N2O3. The Kier molecular flexibility index (Phi) is 4.15. The van der Waals surface area contributed by atoms with Crippen LogP contribution >= 0.6 is 0 Å². The third-order valence-corrected chi connectivity index (χ3v) is 3.06. The molecule has 0 atom stereocenters. The smallest absolute Gasteiger partial charge is 0.149 e. The summed E-state index contributed by atoms with van der Waals surface area (Å²) in [5, 5.41) is 4.35. The molecule has 0 saturated carbocycles. The first-order valence-electron chi connectivity index (χ1n) is 5.98. The Bertz CT molecular complexity index is 378. The highest BCUT2D eigenvalue weighted by Gasteiger charge is 2.21. The second-order valence-electron chi connectivity index (χ2n) is 4.04. The van der Waals surface area contributed by atoms with Crippen molar-refractivity contribution < 1.29 is 14.2 Å². The monoisotopic (exact) mass is 251 g/mol. The topological polar surface area (TPSA) is 45.0 Å². The van der Waals surface area contributed by atoms with Crippen LogP contribution in [0.1, 0.15) is 0 Å². The number of hydrogen-bond donors (Lipinski definition) is 0. The summed E-state index contributed by atoms with van der Waals surface area (Å²) in [5.41, 5.74) is 0.982. The zero-order chi connectivity index (χ0) is 13.0. The predicted octanol–water partition coefficient (Wildman–Crippen LogP) is 1.14. The van der Waals surface area contributed by atoms with Crippen LogP contribution in [0.25, 0.3) is 0 Å². The van der Waals surface area contributed by atoms with Crippen LogP contribution in [0, 0.1) is 0 Å². The molecule has 1 saturated heterocycles. The molecular weight excluding hydrogens is 232 g/mol. The van der Waals surface area contributed by atoms with Gasteiger partial charge in [-0.15, -0.1) is 0 Å². The van der Waals surface area contributed by atoms with Crippen LogP contribution in [0.15, 0.2) is 12.1 Å². The van der Waals surface area contributed by atoms with Crippen LogP contribution < -0.4 is 24.4 Å². The molecule has 0 aliphatic carbocycles. The molecule has 0 unspecified atom stereocenters. The Balaban J connectivity index is 2.41. The fraction of sp³-hybridized carbons (Fsp3) is 0.538. The Hall–Kier alpha value is -1.62. The second kappa shape index (κ2) is 5.82. The standard InChI is InChI=1S/C13H19N2O3/c1-16-10-8-11(17-2)13(12(9-10)18-3)15-6-4-14-5-7-15/h8-9H,4-7H2,1-3H3. The number of rotatable bonds is 4. The van der Waals surface area contributed by atoms with Gasteiger partial charge in [-0.2, -0.15) is 0 Å². The molecule has 0 spiro atoms. The molecule has 1 aliphatic rings. The predicted molar refractivity (Wildman–Crippen MR) is 70.2 cm³/mol. The van der Waals surface area contributed by atoms with E-state index in [1.54, 1.807) is 21.3 Å². The van der Waals surface area contributed by atoms with E-state index >= 15 is 0 Å². The van der Waals surface area contributed by atoms with Gasteiger partial charge in [0.2, 0.25) is 0 Å². The fourth-order valence-corrected chi connectivity index (χ4v) is 2.13. The van der Waals surface area contributed by atoms with Crippen molar-refractivity contribution >= 4 is 5.69 Å². The molecule has 1 heterocycles. The van der Waals surface area contributed by atoms with Gasteiger partial charge < -0.3 is 19.1 Å². The number of piperazine rings is 1. The van der Waals surface area contributed by atoms with E-state index in [9.17, 15) is 0 Å². The number of benzene rings is 1. The highest BCUT2D eigenvalue weighted by molar-refractivity contribution is 5.70. The number of ether oxygens (including phenoxy) is 3. The summed E-state index contributed by atoms with van der Waals surface area (Å²) in [6, 6.07) is 3.76. The average molecular weight is 251 g/mol. The van der Waals surface area contributed by atoms with Crippen molar-refractivity contribution in [3.05, 3.63) is 12.1 Å². The molecule has 0 bridgehead atoms. The van der Waals surface area contributed by atoms with Gasteiger partial charge in [0.1, 0.15) is 22.9 Å². The van der Waals surface area contributed by atoms with Gasteiger partial charge in [0, 0.05) is 38.3 Å². The lowest BCUT2D eigenvalue weighted by molar-refractivity contribution is 0.374. The summed E-state index contributed by atoms with van der Waals surface area (Å²) in [6.45, 7) is 3.47. The van der Waals surface area contributed by atoms with Crippen LogP contribution in [0.2, 0.25) is 0 Å². The molecule has 2 rings (SSSR count). The van der Waals surface area contributed by atoms with Crippen LogP contribution in [0.4, 0.5) is 5.69 Å². The van der Waals surface area contributed by atoms with E-state index in [1.165, 1.54) is 0 Å². The minimum absolute atomic E-state index is 0.731.